The molecule has 0 saturated carbocycles. The smallest absolute Gasteiger partial charge is 0.164 e. The summed E-state index contributed by atoms with van der Waals surface area (Å²) in [7, 11) is 0. The Kier molecular flexibility index (Phi) is 6.26. The number of rotatable bonds is 4. The summed E-state index contributed by atoms with van der Waals surface area (Å²) < 4.78 is 0. The molecule has 0 bridgehead atoms. The Hall–Kier alpha value is -5.22. The van der Waals surface area contributed by atoms with Gasteiger partial charge in [-0.2, -0.15) is 0 Å². The number of aryl methyl sites for hydroxylation is 1. The first-order valence-corrected chi connectivity index (χ1v) is 15.0. The second-order valence-electron chi connectivity index (χ2n) is 11.5. The van der Waals surface area contributed by atoms with Crippen LogP contribution in [-0.4, -0.2) is 19.9 Å². The molecule has 4 nitrogen and oxygen atoms in total. The number of fused-ring (bicyclic) bond motifs is 3. The Morgan fingerprint density at radius 2 is 1.21 bits per heavy atom. The minimum atomic E-state index is 0.543. The van der Waals surface area contributed by atoms with Crippen LogP contribution < -0.4 is 0 Å². The van der Waals surface area contributed by atoms with Crippen LogP contribution in [0, 0.1) is 0 Å². The van der Waals surface area contributed by atoms with E-state index in [0.29, 0.717) is 23.4 Å². The fourth-order valence-electron chi connectivity index (χ4n) is 6.40. The zero-order valence-corrected chi connectivity index (χ0v) is 24.0. The van der Waals surface area contributed by atoms with E-state index in [9.17, 15) is 0 Å². The van der Waals surface area contributed by atoms with Gasteiger partial charge >= 0.3 is 0 Å². The highest BCUT2D eigenvalue weighted by Gasteiger charge is 2.19. The summed E-state index contributed by atoms with van der Waals surface area (Å²) in [5.41, 5.74) is 9.07. The standard InChI is InChI=1S/C39H30N4/c1-25-7-4-10-27-17-21-33(24-35(25)27)39-42-37(41-38(43-39)32-20-14-26-8-2-3-9-31(26)23-32)30-18-15-28(16-19-30)34-13-5-11-29-12-6-22-40-36(29)34/h2-3,5-6,8-9,11-25H,4,7,10H2,1H3. The number of hydrogen-bond acceptors (Lipinski definition) is 4. The second-order valence-corrected chi connectivity index (χ2v) is 11.5. The number of hydrogen-bond donors (Lipinski definition) is 0. The molecule has 0 saturated heterocycles. The van der Waals surface area contributed by atoms with Crippen LogP contribution in [0.3, 0.4) is 0 Å². The summed E-state index contributed by atoms with van der Waals surface area (Å²) in [5, 5.41) is 3.49. The first-order chi connectivity index (χ1) is 21.2. The first-order valence-electron chi connectivity index (χ1n) is 15.0. The van der Waals surface area contributed by atoms with E-state index in [2.05, 4.69) is 121 Å². The van der Waals surface area contributed by atoms with E-state index in [4.69, 9.17) is 15.0 Å². The zero-order valence-electron chi connectivity index (χ0n) is 24.0. The molecule has 1 unspecified atom stereocenters. The van der Waals surface area contributed by atoms with Crippen molar-refractivity contribution in [3.63, 3.8) is 0 Å². The van der Waals surface area contributed by atoms with Gasteiger partial charge in [0.1, 0.15) is 0 Å². The van der Waals surface area contributed by atoms with Crippen LogP contribution in [0.2, 0.25) is 0 Å². The summed E-state index contributed by atoms with van der Waals surface area (Å²) in [6, 6.07) is 40.4. The van der Waals surface area contributed by atoms with E-state index in [1.807, 2.05) is 12.3 Å². The van der Waals surface area contributed by atoms with Crippen LogP contribution in [0.5, 0.6) is 0 Å². The van der Waals surface area contributed by atoms with E-state index >= 15 is 0 Å². The number of nitrogens with zero attached hydrogens (tertiary/aromatic N) is 4. The van der Waals surface area contributed by atoms with Crippen molar-refractivity contribution in [3.05, 3.63) is 133 Å². The lowest BCUT2D eigenvalue weighted by Gasteiger charge is -2.22. The molecule has 0 spiro atoms. The number of pyridine rings is 1. The second kappa shape index (κ2) is 10.6. The molecule has 7 aromatic rings. The van der Waals surface area contributed by atoms with E-state index in [1.54, 1.807) is 0 Å². The highest BCUT2D eigenvalue weighted by molar-refractivity contribution is 5.93. The highest BCUT2D eigenvalue weighted by Crippen LogP contribution is 2.35. The SMILES string of the molecule is CC1CCCc2ccc(-c3nc(-c4ccc(-c5cccc6cccnc56)cc4)nc(-c4ccc5ccccc5c4)n3)cc21. The lowest BCUT2D eigenvalue weighted by atomic mass is 9.83. The van der Waals surface area contributed by atoms with Gasteiger partial charge in [-0.3, -0.25) is 4.98 Å². The van der Waals surface area contributed by atoms with E-state index in [1.165, 1.54) is 34.7 Å². The van der Waals surface area contributed by atoms with Crippen LogP contribution in [0.25, 0.3) is 67.0 Å². The third-order valence-electron chi connectivity index (χ3n) is 8.75. The average molecular weight is 555 g/mol. The quantitative estimate of drug-likeness (QED) is 0.217. The largest absolute Gasteiger partial charge is 0.256 e. The van der Waals surface area contributed by atoms with Crippen molar-refractivity contribution in [1.29, 1.82) is 0 Å². The van der Waals surface area contributed by atoms with Gasteiger partial charge in [0.05, 0.1) is 5.52 Å². The monoisotopic (exact) mass is 554 g/mol. The molecule has 0 radical (unpaired) electrons. The van der Waals surface area contributed by atoms with Gasteiger partial charge < -0.3 is 0 Å². The molecule has 1 aliphatic carbocycles. The molecule has 0 fully saturated rings. The predicted octanol–water partition coefficient (Wildman–Crippen LogP) is 9.68. The number of aromatic nitrogens is 4. The maximum absolute atomic E-state index is 5.05. The topological polar surface area (TPSA) is 51.6 Å². The van der Waals surface area contributed by atoms with Gasteiger partial charge in [0.15, 0.2) is 17.5 Å². The maximum atomic E-state index is 5.05. The van der Waals surface area contributed by atoms with E-state index < -0.39 is 0 Å². The third-order valence-corrected chi connectivity index (χ3v) is 8.75. The van der Waals surface area contributed by atoms with Crippen molar-refractivity contribution in [2.24, 2.45) is 0 Å². The lowest BCUT2D eigenvalue weighted by Crippen LogP contribution is -2.07. The van der Waals surface area contributed by atoms with Crippen LogP contribution in [0.4, 0.5) is 0 Å². The fourth-order valence-corrected chi connectivity index (χ4v) is 6.40. The molecule has 0 N–H and O–H groups in total. The maximum Gasteiger partial charge on any atom is 0.164 e. The summed E-state index contributed by atoms with van der Waals surface area (Å²) in [6.45, 7) is 2.33. The normalized spacial score (nSPS) is 14.6. The van der Waals surface area contributed by atoms with E-state index in [-0.39, 0.29) is 0 Å². The van der Waals surface area contributed by atoms with Crippen LogP contribution >= 0.6 is 0 Å². The predicted molar refractivity (Wildman–Crippen MR) is 176 cm³/mol. The first kappa shape index (κ1) is 25.5. The molecule has 5 aromatic carbocycles. The van der Waals surface area contributed by atoms with Gasteiger partial charge in [0, 0.05) is 33.8 Å². The molecule has 8 rings (SSSR count). The Bertz CT molecular complexity index is 2130. The van der Waals surface area contributed by atoms with Gasteiger partial charge in [-0.1, -0.05) is 104 Å². The molecule has 0 amide bonds. The number of benzene rings is 5. The van der Waals surface area contributed by atoms with Crippen LogP contribution in [0.15, 0.2) is 121 Å². The van der Waals surface area contributed by atoms with Crippen LogP contribution in [-0.2, 0) is 6.42 Å². The summed E-state index contributed by atoms with van der Waals surface area (Å²) in [4.78, 5) is 19.8. The van der Waals surface area contributed by atoms with Gasteiger partial charge in [-0.25, -0.2) is 15.0 Å². The number of para-hydroxylation sites is 1. The summed E-state index contributed by atoms with van der Waals surface area (Å²) in [6.07, 6.45) is 5.46. The van der Waals surface area contributed by atoms with Crippen molar-refractivity contribution in [3.8, 4) is 45.3 Å². The van der Waals surface area contributed by atoms with Crippen molar-refractivity contribution >= 4 is 21.7 Å². The van der Waals surface area contributed by atoms with Crippen molar-refractivity contribution in [1.82, 2.24) is 19.9 Å². The molecule has 2 aromatic heterocycles. The van der Waals surface area contributed by atoms with Crippen molar-refractivity contribution < 1.29 is 0 Å². The Balaban J connectivity index is 1.25. The Morgan fingerprint density at radius 3 is 2.05 bits per heavy atom. The molecule has 2 heterocycles. The summed E-state index contributed by atoms with van der Waals surface area (Å²) >= 11 is 0. The average Bonchev–Trinajstić information content (AvgIpc) is 3.08. The fraction of sp³-hybridized carbons (Fsp3) is 0.128. The van der Waals surface area contributed by atoms with Crippen molar-refractivity contribution in [2.45, 2.75) is 32.1 Å². The van der Waals surface area contributed by atoms with E-state index in [0.717, 1.165) is 45.1 Å². The molecular weight excluding hydrogens is 524 g/mol. The highest BCUT2D eigenvalue weighted by atomic mass is 15.0. The van der Waals surface area contributed by atoms with Gasteiger partial charge in [0.2, 0.25) is 0 Å². The molecule has 1 aliphatic rings. The van der Waals surface area contributed by atoms with Crippen LogP contribution in [0.1, 0.15) is 36.8 Å². The van der Waals surface area contributed by atoms with Gasteiger partial charge in [0.25, 0.3) is 0 Å². The van der Waals surface area contributed by atoms with Gasteiger partial charge in [-0.05, 0) is 70.8 Å². The zero-order chi connectivity index (χ0) is 28.8. The Morgan fingerprint density at radius 1 is 0.558 bits per heavy atom. The molecular formula is C39H30N4. The molecule has 1 atom stereocenters. The molecule has 206 valence electrons. The molecule has 43 heavy (non-hydrogen) atoms. The minimum Gasteiger partial charge on any atom is -0.256 e. The summed E-state index contributed by atoms with van der Waals surface area (Å²) in [5.74, 6) is 2.59. The molecule has 0 aliphatic heterocycles. The third kappa shape index (κ3) is 4.75. The lowest BCUT2D eigenvalue weighted by molar-refractivity contribution is 0.590. The van der Waals surface area contributed by atoms with Crippen molar-refractivity contribution in [2.75, 3.05) is 0 Å². The molecule has 4 heteroatoms. The Labute approximate surface area is 251 Å². The minimum absolute atomic E-state index is 0.543. The van der Waals surface area contributed by atoms with Gasteiger partial charge in [-0.15, -0.1) is 0 Å².